The van der Waals surface area contributed by atoms with Gasteiger partial charge in [-0.05, 0) is 6.08 Å². The molecule has 0 amide bonds. The van der Waals surface area contributed by atoms with E-state index in [1.807, 2.05) is 0 Å². The Kier molecular flexibility index (Phi) is 3.24. The van der Waals surface area contributed by atoms with Crippen LogP contribution in [0.25, 0.3) is 0 Å². The maximum absolute atomic E-state index is 11.2. The lowest BCUT2D eigenvalue weighted by molar-refractivity contribution is -0.210. The first kappa shape index (κ1) is 11.4. The lowest BCUT2D eigenvalue weighted by atomic mass is 10.00. The van der Waals surface area contributed by atoms with Gasteiger partial charge in [-0.15, -0.1) is 0 Å². The lowest BCUT2D eigenvalue weighted by Crippen LogP contribution is -2.41. The monoisotopic (exact) mass is 212 g/mol. The van der Waals surface area contributed by atoms with E-state index >= 15 is 0 Å². The van der Waals surface area contributed by atoms with E-state index in [9.17, 15) is 14.4 Å². The lowest BCUT2D eigenvalue weighted by Gasteiger charge is -2.30. The molecular weight excluding hydrogens is 200 g/mol. The molecule has 0 aromatic heterocycles. The number of hydrogen-bond acceptors (Lipinski definition) is 5. The minimum absolute atomic E-state index is 0.122. The predicted molar refractivity (Wildman–Crippen MR) is 49.6 cm³/mol. The van der Waals surface area contributed by atoms with E-state index < -0.39 is 17.7 Å². The normalized spacial score (nSPS) is 18.4. The Balaban J connectivity index is 2.89. The van der Waals surface area contributed by atoms with E-state index in [0.29, 0.717) is 0 Å². The molecule has 0 aromatic rings. The van der Waals surface area contributed by atoms with Crippen molar-refractivity contribution < 1.29 is 23.9 Å². The molecule has 1 aliphatic rings. The average Bonchev–Trinajstić information content (AvgIpc) is 1.99. The maximum atomic E-state index is 11.2. The Morgan fingerprint density at radius 3 is 2.20 bits per heavy atom. The van der Waals surface area contributed by atoms with Gasteiger partial charge in [0, 0.05) is 20.3 Å². The summed E-state index contributed by atoms with van der Waals surface area (Å²) in [7, 11) is 0. The summed E-state index contributed by atoms with van der Waals surface area (Å²) in [5.74, 6) is -2.88. The van der Waals surface area contributed by atoms with E-state index in [2.05, 4.69) is 0 Å². The first-order valence-electron chi connectivity index (χ1n) is 4.52. The number of Topliss-reactive ketones (excluding diaryl/α,β-unsaturated/α-hetero) is 1. The van der Waals surface area contributed by atoms with Crippen molar-refractivity contribution in [2.24, 2.45) is 0 Å². The van der Waals surface area contributed by atoms with Gasteiger partial charge in [0.1, 0.15) is 5.78 Å². The molecule has 0 aromatic carbocycles. The molecular formula is C10H12O5. The van der Waals surface area contributed by atoms with Crippen molar-refractivity contribution >= 4 is 17.7 Å². The van der Waals surface area contributed by atoms with Crippen LogP contribution in [0.1, 0.15) is 26.7 Å². The van der Waals surface area contributed by atoms with Crippen molar-refractivity contribution in [3.8, 4) is 0 Å². The summed E-state index contributed by atoms with van der Waals surface area (Å²) in [5.41, 5.74) is 0. The third-order valence-electron chi connectivity index (χ3n) is 1.79. The number of hydrogen-bond donors (Lipinski definition) is 0. The number of carbonyl (C=O) groups excluding carboxylic acids is 3. The third-order valence-corrected chi connectivity index (χ3v) is 1.79. The van der Waals surface area contributed by atoms with Crippen LogP contribution < -0.4 is 0 Å². The van der Waals surface area contributed by atoms with Crippen LogP contribution in [-0.2, 0) is 23.9 Å². The van der Waals surface area contributed by atoms with Crippen LogP contribution in [0.3, 0.4) is 0 Å². The van der Waals surface area contributed by atoms with Gasteiger partial charge in [0.25, 0.3) is 5.79 Å². The van der Waals surface area contributed by atoms with Gasteiger partial charge in [-0.3, -0.25) is 14.4 Å². The maximum Gasteiger partial charge on any atom is 0.306 e. The van der Waals surface area contributed by atoms with Crippen molar-refractivity contribution in [3.63, 3.8) is 0 Å². The van der Waals surface area contributed by atoms with Gasteiger partial charge in [-0.1, -0.05) is 6.08 Å². The molecule has 0 aliphatic heterocycles. The molecule has 0 atom stereocenters. The summed E-state index contributed by atoms with van der Waals surface area (Å²) < 4.78 is 9.74. The van der Waals surface area contributed by atoms with E-state index in [-0.39, 0.29) is 18.6 Å². The molecule has 0 spiro atoms. The summed E-state index contributed by atoms with van der Waals surface area (Å²) in [5, 5.41) is 0. The molecule has 15 heavy (non-hydrogen) atoms. The van der Waals surface area contributed by atoms with E-state index in [1.54, 1.807) is 0 Å². The van der Waals surface area contributed by atoms with Crippen molar-refractivity contribution in [1.29, 1.82) is 0 Å². The number of ketones is 1. The molecule has 5 heteroatoms. The zero-order chi connectivity index (χ0) is 11.5. The van der Waals surface area contributed by atoms with Gasteiger partial charge >= 0.3 is 11.9 Å². The van der Waals surface area contributed by atoms with Crippen LogP contribution in [0.4, 0.5) is 0 Å². The van der Waals surface area contributed by atoms with Crippen LogP contribution >= 0.6 is 0 Å². The number of ether oxygens (including phenoxy) is 2. The first-order valence-corrected chi connectivity index (χ1v) is 4.52. The molecule has 0 saturated carbocycles. The molecule has 0 saturated heterocycles. The first-order chi connectivity index (χ1) is 6.93. The van der Waals surface area contributed by atoms with Crippen LogP contribution in [0.2, 0.25) is 0 Å². The molecule has 1 rings (SSSR count). The van der Waals surface area contributed by atoms with E-state index in [4.69, 9.17) is 9.47 Å². The smallest absolute Gasteiger partial charge is 0.306 e. The Labute approximate surface area is 87.0 Å². The van der Waals surface area contributed by atoms with E-state index in [0.717, 1.165) is 0 Å². The Bertz CT molecular complexity index is 313. The number of carbonyl (C=O) groups is 3. The second kappa shape index (κ2) is 4.25. The van der Waals surface area contributed by atoms with Gasteiger partial charge in [0.2, 0.25) is 0 Å². The van der Waals surface area contributed by atoms with E-state index in [1.165, 1.54) is 26.0 Å². The zero-order valence-electron chi connectivity index (χ0n) is 8.61. The van der Waals surface area contributed by atoms with Gasteiger partial charge in [0.05, 0.1) is 6.42 Å². The molecule has 82 valence electrons. The summed E-state index contributed by atoms with van der Waals surface area (Å²) in [6.45, 7) is 2.39. The molecule has 0 unspecified atom stereocenters. The average molecular weight is 212 g/mol. The standard InChI is InChI=1S/C10H12O5/c1-7(11)14-10(15-8(2)12)5-3-4-9(13)6-10/h3,5H,4,6H2,1-2H3. The molecule has 0 N–H and O–H groups in total. The fraction of sp³-hybridized carbons (Fsp3) is 0.500. The Hall–Kier alpha value is -1.65. The fourth-order valence-electron chi connectivity index (χ4n) is 1.42. The SMILES string of the molecule is CC(=O)OC1(OC(C)=O)C=CCC(=O)C1. The molecule has 5 nitrogen and oxygen atoms in total. The summed E-state index contributed by atoms with van der Waals surface area (Å²) in [6, 6.07) is 0. The largest absolute Gasteiger partial charge is 0.418 e. The minimum atomic E-state index is -1.53. The highest BCUT2D eigenvalue weighted by atomic mass is 16.7. The predicted octanol–water partition coefficient (Wildman–Crippen LogP) is 0.728. The topological polar surface area (TPSA) is 69.7 Å². The van der Waals surface area contributed by atoms with Crippen LogP contribution in [0, 0.1) is 0 Å². The second-order valence-corrected chi connectivity index (χ2v) is 3.32. The van der Waals surface area contributed by atoms with Crippen LogP contribution in [-0.4, -0.2) is 23.5 Å². The Morgan fingerprint density at radius 2 is 1.80 bits per heavy atom. The van der Waals surface area contributed by atoms with Crippen molar-refractivity contribution in [2.45, 2.75) is 32.5 Å². The number of rotatable bonds is 2. The molecule has 0 fully saturated rings. The number of allylic oxidation sites excluding steroid dienone is 1. The van der Waals surface area contributed by atoms with Gasteiger partial charge in [0.15, 0.2) is 0 Å². The van der Waals surface area contributed by atoms with Gasteiger partial charge in [-0.25, -0.2) is 0 Å². The third kappa shape index (κ3) is 3.19. The highest BCUT2D eigenvalue weighted by Gasteiger charge is 2.38. The fourth-order valence-corrected chi connectivity index (χ4v) is 1.42. The van der Waals surface area contributed by atoms with Crippen LogP contribution in [0.5, 0.6) is 0 Å². The summed E-state index contributed by atoms with van der Waals surface area (Å²) in [6.07, 6.45) is 3.10. The molecule has 0 radical (unpaired) electrons. The summed E-state index contributed by atoms with van der Waals surface area (Å²) >= 11 is 0. The quantitative estimate of drug-likeness (QED) is 0.383. The van der Waals surface area contributed by atoms with Gasteiger partial charge < -0.3 is 9.47 Å². The number of esters is 2. The zero-order valence-corrected chi connectivity index (χ0v) is 8.61. The van der Waals surface area contributed by atoms with Gasteiger partial charge in [-0.2, -0.15) is 0 Å². The van der Waals surface area contributed by atoms with Crippen molar-refractivity contribution in [3.05, 3.63) is 12.2 Å². The molecule has 1 aliphatic carbocycles. The minimum Gasteiger partial charge on any atom is -0.418 e. The van der Waals surface area contributed by atoms with Crippen molar-refractivity contribution in [1.82, 2.24) is 0 Å². The van der Waals surface area contributed by atoms with Crippen LogP contribution in [0.15, 0.2) is 12.2 Å². The second-order valence-electron chi connectivity index (χ2n) is 3.32. The molecule has 0 heterocycles. The van der Waals surface area contributed by atoms with Crippen molar-refractivity contribution in [2.75, 3.05) is 0 Å². The molecule has 0 bridgehead atoms. The summed E-state index contributed by atoms with van der Waals surface area (Å²) in [4.78, 5) is 32.9. The highest BCUT2D eigenvalue weighted by Crippen LogP contribution is 2.26. The highest BCUT2D eigenvalue weighted by molar-refractivity contribution is 5.83. The Morgan fingerprint density at radius 1 is 1.27 bits per heavy atom.